The number of hydrogen-bond donors (Lipinski definition) is 3. The molecule has 0 bridgehead atoms. The molecular weight excluding hydrogens is 421 g/mol. The van der Waals surface area contributed by atoms with Crippen molar-refractivity contribution in [2.45, 2.75) is 4.90 Å². The average molecular weight is 441 g/mol. The average Bonchev–Trinajstić information content (AvgIpc) is 2.77. The molecule has 160 valence electrons. The topological polar surface area (TPSA) is 104 Å². The fourth-order valence-electron chi connectivity index (χ4n) is 2.70. The van der Waals surface area contributed by atoms with Crippen LogP contribution in [0.3, 0.4) is 0 Å². The second-order valence-corrected chi connectivity index (χ2v) is 8.17. The van der Waals surface area contributed by atoms with Crippen LogP contribution in [0.2, 0.25) is 0 Å². The van der Waals surface area contributed by atoms with Crippen LogP contribution in [-0.2, 0) is 10.0 Å². The van der Waals surface area contributed by atoms with Gasteiger partial charge in [-0.05, 0) is 48.5 Å². The molecule has 0 spiro atoms. The van der Waals surface area contributed by atoms with Crippen LogP contribution in [0.5, 0.6) is 0 Å². The van der Waals surface area contributed by atoms with Gasteiger partial charge in [-0.1, -0.05) is 30.3 Å². The Bertz CT molecular complexity index is 1170. The van der Waals surface area contributed by atoms with Crippen LogP contribution in [0.15, 0.2) is 83.8 Å². The third kappa shape index (κ3) is 5.89. The van der Waals surface area contributed by atoms with E-state index >= 15 is 0 Å². The Morgan fingerprint density at radius 2 is 1.32 bits per heavy atom. The van der Waals surface area contributed by atoms with Crippen molar-refractivity contribution in [3.8, 4) is 0 Å². The summed E-state index contributed by atoms with van der Waals surface area (Å²) in [7, 11) is -3.78. The summed E-state index contributed by atoms with van der Waals surface area (Å²) in [6.07, 6.45) is 0. The van der Waals surface area contributed by atoms with Crippen molar-refractivity contribution in [2.75, 3.05) is 17.8 Å². The van der Waals surface area contributed by atoms with Crippen molar-refractivity contribution in [3.05, 3.63) is 95.8 Å². The Labute approximate surface area is 179 Å². The molecule has 3 N–H and O–H groups in total. The highest BCUT2D eigenvalue weighted by Crippen LogP contribution is 2.16. The zero-order valence-electron chi connectivity index (χ0n) is 16.3. The lowest BCUT2D eigenvalue weighted by atomic mass is 10.2. The molecule has 0 aliphatic rings. The van der Waals surface area contributed by atoms with Crippen LogP contribution in [0.1, 0.15) is 20.7 Å². The van der Waals surface area contributed by atoms with Crippen LogP contribution in [-0.4, -0.2) is 33.3 Å². The molecule has 3 aromatic rings. The minimum atomic E-state index is -3.78. The second-order valence-electron chi connectivity index (χ2n) is 6.49. The first-order valence-corrected chi connectivity index (χ1v) is 10.8. The van der Waals surface area contributed by atoms with Gasteiger partial charge in [0.05, 0.1) is 10.5 Å². The van der Waals surface area contributed by atoms with Gasteiger partial charge in [0, 0.05) is 24.3 Å². The first-order chi connectivity index (χ1) is 14.9. The van der Waals surface area contributed by atoms with Crippen LogP contribution in [0, 0.1) is 5.82 Å². The minimum Gasteiger partial charge on any atom is -0.350 e. The molecule has 0 saturated heterocycles. The summed E-state index contributed by atoms with van der Waals surface area (Å²) >= 11 is 0. The van der Waals surface area contributed by atoms with E-state index in [1.807, 2.05) is 0 Å². The van der Waals surface area contributed by atoms with Gasteiger partial charge >= 0.3 is 0 Å². The fraction of sp³-hybridized carbons (Fsp3) is 0.0909. The van der Waals surface area contributed by atoms with E-state index in [0.717, 1.165) is 0 Å². The SMILES string of the molecule is O=C(NCCNC(=O)c1ccccc1F)c1ccc(S(=O)(=O)Nc2ccccc2)cc1. The van der Waals surface area contributed by atoms with Crippen LogP contribution in [0.25, 0.3) is 0 Å². The van der Waals surface area contributed by atoms with Crippen LogP contribution >= 0.6 is 0 Å². The molecule has 0 saturated carbocycles. The number of carbonyl (C=O) groups excluding carboxylic acids is 2. The fourth-order valence-corrected chi connectivity index (χ4v) is 3.76. The van der Waals surface area contributed by atoms with Crippen LogP contribution in [0.4, 0.5) is 10.1 Å². The lowest BCUT2D eigenvalue weighted by Crippen LogP contribution is -2.35. The van der Waals surface area contributed by atoms with Gasteiger partial charge in [-0.3, -0.25) is 14.3 Å². The number of para-hydroxylation sites is 1. The predicted molar refractivity (Wildman–Crippen MR) is 115 cm³/mol. The van der Waals surface area contributed by atoms with Gasteiger partial charge in [0.2, 0.25) is 0 Å². The molecule has 0 radical (unpaired) electrons. The van der Waals surface area contributed by atoms with E-state index in [2.05, 4.69) is 15.4 Å². The summed E-state index contributed by atoms with van der Waals surface area (Å²) in [5.74, 6) is -1.63. The maximum atomic E-state index is 13.6. The molecule has 0 aliphatic heterocycles. The molecule has 0 heterocycles. The number of amides is 2. The molecule has 0 fully saturated rings. The highest BCUT2D eigenvalue weighted by Gasteiger charge is 2.15. The number of hydrogen-bond acceptors (Lipinski definition) is 4. The molecule has 31 heavy (non-hydrogen) atoms. The van der Waals surface area contributed by atoms with E-state index in [1.54, 1.807) is 36.4 Å². The standard InChI is InChI=1S/C22H20FN3O4S/c23-20-9-5-4-8-19(20)22(28)25-15-14-24-21(27)16-10-12-18(13-11-16)31(29,30)26-17-6-2-1-3-7-17/h1-13,26H,14-15H2,(H,24,27)(H,25,28). The van der Waals surface area contributed by atoms with E-state index in [0.29, 0.717) is 5.69 Å². The molecule has 3 aromatic carbocycles. The van der Waals surface area contributed by atoms with E-state index in [-0.39, 0.29) is 29.1 Å². The Morgan fingerprint density at radius 3 is 1.97 bits per heavy atom. The van der Waals surface area contributed by atoms with E-state index in [1.165, 1.54) is 42.5 Å². The zero-order chi connectivity index (χ0) is 22.3. The molecule has 0 atom stereocenters. The summed E-state index contributed by atoms with van der Waals surface area (Å²) in [5.41, 5.74) is 0.621. The maximum absolute atomic E-state index is 13.6. The predicted octanol–water partition coefficient (Wildman–Crippen LogP) is 2.79. The quantitative estimate of drug-likeness (QED) is 0.468. The third-order valence-electron chi connectivity index (χ3n) is 4.27. The van der Waals surface area contributed by atoms with Crippen molar-refractivity contribution in [1.29, 1.82) is 0 Å². The summed E-state index contributed by atoms with van der Waals surface area (Å²) in [6.45, 7) is 0.223. The Kier molecular flexibility index (Phi) is 6.99. The molecule has 3 rings (SSSR count). The number of halogens is 1. The largest absolute Gasteiger partial charge is 0.350 e. The Hall–Kier alpha value is -3.72. The number of benzene rings is 3. The van der Waals surface area contributed by atoms with Gasteiger partial charge in [-0.2, -0.15) is 0 Å². The van der Waals surface area contributed by atoms with E-state index in [9.17, 15) is 22.4 Å². The molecular formula is C22H20FN3O4S. The van der Waals surface area contributed by atoms with Crippen molar-refractivity contribution < 1.29 is 22.4 Å². The third-order valence-corrected chi connectivity index (χ3v) is 5.66. The lowest BCUT2D eigenvalue weighted by Gasteiger charge is -2.10. The number of carbonyl (C=O) groups is 2. The van der Waals surface area contributed by atoms with Crippen molar-refractivity contribution in [3.63, 3.8) is 0 Å². The molecule has 9 heteroatoms. The maximum Gasteiger partial charge on any atom is 0.261 e. The van der Waals surface area contributed by atoms with E-state index in [4.69, 9.17) is 0 Å². The number of rotatable bonds is 8. The highest BCUT2D eigenvalue weighted by atomic mass is 32.2. The van der Waals surface area contributed by atoms with Crippen molar-refractivity contribution in [2.24, 2.45) is 0 Å². The Balaban J connectivity index is 1.51. The van der Waals surface area contributed by atoms with Gasteiger partial charge in [0.1, 0.15) is 5.82 Å². The monoisotopic (exact) mass is 441 g/mol. The number of nitrogens with one attached hydrogen (secondary N) is 3. The zero-order valence-corrected chi connectivity index (χ0v) is 17.2. The summed E-state index contributed by atoms with van der Waals surface area (Å²) in [5, 5.41) is 5.12. The lowest BCUT2D eigenvalue weighted by molar-refractivity contribution is 0.0925. The number of anilines is 1. The smallest absolute Gasteiger partial charge is 0.261 e. The minimum absolute atomic E-state index is 0.0186. The molecule has 0 unspecified atom stereocenters. The van der Waals surface area contributed by atoms with Gasteiger partial charge in [-0.25, -0.2) is 12.8 Å². The van der Waals surface area contributed by atoms with Crippen molar-refractivity contribution >= 4 is 27.5 Å². The Morgan fingerprint density at radius 1 is 0.742 bits per heavy atom. The van der Waals surface area contributed by atoms with Gasteiger partial charge in [-0.15, -0.1) is 0 Å². The first-order valence-electron chi connectivity index (χ1n) is 9.36. The number of sulfonamides is 1. The summed E-state index contributed by atoms with van der Waals surface area (Å²) in [6, 6.07) is 19.5. The van der Waals surface area contributed by atoms with Crippen molar-refractivity contribution in [1.82, 2.24) is 10.6 Å². The van der Waals surface area contributed by atoms with E-state index < -0.39 is 27.7 Å². The van der Waals surface area contributed by atoms with Crippen LogP contribution < -0.4 is 15.4 Å². The van der Waals surface area contributed by atoms with Gasteiger partial charge in [0.15, 0.2) is 0 Å². The van der Waals surface area contributed by atoms with Gasteiger partial charge < -0.3 is 10.6 Å². The molecule has 2 amide bonds. The van der Waals surface area contributed by atoms with Gasteiger partial charge in [0.25, 0.3) is 21.8 Å². The second kappa shape index (κ2) is 9.86. The highest BCUT2D eigenvalue weighted by molar-refractivity contribution is 7.92. The molecule has 7 nitrogen and oxygen atoms in total. The molecule has 0 aromatic heterocycles. The summed E-state index contributed by atoms with van der Waals surface area (Å²) in [4.78, 5) is 24.2. The molecule has 0 aliphatic carbocycles. The summed E-state index contributed by atoms with van der Waals surface area (Å²) < 4.78 is 40.9. The first kappa shape index (κ1) is 22.0. The normalized spacial score (nSPS) is 10.9.